The van der Waals surface area contributed by atoms with Crippen LogP contribution in [0.3, 0.4) is 0 Å². The fourth-order valence-corrected chi connectivity index (χ4v) is 2.58. The monoisotopic (exact) mass is 348 g/mol. The minimum atomic E-state index is -0.422. The van der Waals surface area contributed by atoms with Crippen molar-refractivity contribution in [2.24, 2.45) is 0 Å². The molecule has 0 bridgehead atoms. The number of morpholine rings is 1. The SMILES string of the molecule is CC[C@@H](C)c1cc(C(=O)N2CCO[C@H](c3nnc(C(C)C)o3)C2)on1. The summed E-state index contributed by atoms with van der Waals surface area (Å²) in [6.45, 7) is 9.32. The molecule has 1 fully saturated rings. The maximum absolute atomic E-state index is 12.7. The van der Waals surface area contributed by atoms with Crippen LogP contribution in [0.25, 0.3) is 0 Å². The van der Waals surface area contributed by atoms with Crippen LogP contribution in [0.5, 0.6) is 0 Å². The van der Waals surface area contributed by atoms with Crippen molar-refractivity contribution in [3.05, 3.63) is 29.3 Å². The van der Waals surface area contributed by atoms with Gasteiger partial charge in [-0.1, -0.05) is 32.9 Å². The van der Waals surface area contributed by atoms with E-state index in [1.54, 1.807) is 11.0 Å². The molecule has 0 unspecified atom stereocenters. The first-order chi connectivity index (χ1) is 12.0. The van der Waals surface area contributed by atoms with Crippen molar-refractivity contribution >= 4 is 5.91 Å². The van der Waals surface area contributed by atoms with Crippen LogP contribution < -0.4 is 0 Å². The molecule has 0 saturated carbocycles. The van der Waals surface area contributed by atoms with Crippen molar-refractivity contribution in [3.8, 4) is 0 Å². The van der Waals surface area contributed by atoms with Crippen molar-refractivity contribution in [1.29, 1.82) is 0 Å². The molecule has 2 atom stereocenters. The number of ether oxygens (including phenoxy) is 1. The third-order valence-electron chi connectivity index (χ3n) is 4.44. The Balaban J connectivity index is 1.70. The van der Waals surface area contributed by atoms with Crippen molar-refractivity contribution in [2.75, 3.05) is 19.7 Å². The van der Waals surface area contributed by atoms with Crippen LogP contribution >= 0.6 is 0 Å². The van der Waals surface area contributed by atoms with Gasteiger partial charge in [0, 0.05) is 24.4 Å². The van der Waals surface area contributed by atoms with E-state index >= 15 is 0 Å². The third kappa shape index (κ3) is 3.73. The number of hydrogen-bond acceptors (Lipinski definition) is 7. The Morgan fingerprint density at radius 3 is 2.84 bits per heavy atom. The van der Waals surface area contributed by atoms with Crippen LogP contribution in [-0.2, 0) is 4.74 Å². The number of carbonyl (C=O) groups is 1. The Labute approximate surface area is 146 Å². The van der Waals surface area contributed by atoms with E-state index in [1.165, 1.54) is 0 Å². The zero-order valence-electron chi connectivity index (χ0n) is 15.1. The van der Waals surface area contributed by atoms with E-state index in [-0.39, 0.29) is 23.5 Å². The predicted molar refractivity (Wildman–Crippen MR) is 88.2 cm³/mol. The Hall–Kier alpha value is -2.22. The second-order valence-corrected chi connectivity index (χ2v) is 6.67. The number of rotatable bonds is 5. The second-order valence-electron chi connectivity index (χ2n) is 6.67. The van der Waals surface area contributed by atoms with Crippen molar-refractivity contribution in [1.82, 2.24) is 20.3 Å². The molecule has 1 amide bonds. The standard InChI is InChI=1S/C17H24N4O4/c1-5-11(4)12-8-13(25-20-12)17(22)21-6-7-23-14(9-21)16-19-18-15(24-16)10(2)3/h8,10-11,14H,5-7,9H2,1-4H3/t11-,14+/m1/s1. The Morgan fingerprint density at radius 2 is 2.16 bits per heavy atom. The summed E-state index contributed by atoms with van der Waals surface area (Å²) < 4.78 is 16.6. The molecule has 2 aromatic rings. The summed E-state index contributed by atoms with van der Waals surface area (Å²) in [5, 5.41) is 12.1. The molecule has 1 saturated heterocycles. The van der Waals surface area contributed by atoms with Gasteiger partial charge in [-0.05, 0) is 6.42 Å². The summed E-state index contributed by atoms with van der Waals surface area (Å²) in [7, 11) is 0. The minimum Gasteiger partial charge on any atom is -0.422 e. The lowest BCUT2D eigenvalue weighted by Crippen LogP contribution is -2.42. The molecule has 136 valence electrons. The van der Waals surface area contributed by atoms with Gasteiger partial charge in [0.25, 0.3) is 5.91 Å². The molecule has 0 spiro atoms. The normalized spacial score (nSPS) is 19.4. The average Bonchev–Trinajstić information content (AvgIpc) is 3.30. The van der Waals surface area contributed by atoms with E-state index in [2.05, 4.69) is 29.2 Å². The van der Waals surface area contributed by atoms with Gasteiger partial charge in [0.1, 0.15) is 0 Å². The largest absolute Gasteiger partial charge is 0.422 e. The van der Waals surface area contributed by atoms with Crippen molar-refractivity contribution in [2.45, 2.75) is 52.1 Å². The van der Waals surface area contributed by atoms with Crippen LogP contribution in [0.15, 0.2) is 15.0 Å². The lowest BCUT2D eigenvalue weighted by molar-refractivity contribution is -0.0360. The first kappa shape index (κ1) is 17.6. The van der Waals surface area contributed by atoms with Gasteiger partial charge in [-0.3, -0.25) is 4.79 Å². The van der Waals surface area contributed by atoms with E-state index in [9.17, 15) is 4.79 Å². The lowest BCUT2D eigenvalue weighted by atomic mass is 10.1. The molecule has 1 aliphatic heterocycles. The first-order valence-corrected chi connectivity index (χ1v) is 8.70. The molecule has 3 rings (SSSR count). The Kier molecular flexibility index (Phi) is 5.17. The molecule has 8 heteroatoms. The van der Waals surface area contributed by atoms with Crippen LogP contribution in [0, 0.1) is 0 Å². The summed E-state index contributed by atoms with van der Waals surface area (Å²) in [4.78, 5) is 14.4. The molecule has 25 heavy (non-hydrogen) atoms. The fourth-order valence-electron chi connectivity index (χ4n) is 2.58. The Morgan fingerprint density at radius 1 is 1.36 bits per heavy atom. The number of aromatic nitrogens is 3. The highest BCUT2D eigenvalue weighted by Crippen LogP contribution is 2.25. The zero-order chi connectivity index (χ0) is 18.0. The first-order valence-electron chi connectivity index (χ1n) is 8.70. The molecule has 3 heterocycles. The maximum atomic E-state index is 12.7. The average molecular weight is 348 g/mol. The van der Waals surface area contributed by atoms with Crippen LogP contribution in [-0.4, -0.2) is 45.9 Å². The Bertz CT molecular complexity index is 724. The summed E-state index contributed by atoms with van der Waals surface area (Å²) in [5.41, 5.74) is 0.800. The van der Waals surface area contributed by atoms with Gasteiger partial charge in [0.2, 0.25) is 17.5 Å². The summed E-state index contributed by atoms with van der Waals surface area (Å²) in [6.07, 6.45) is 0.518. The molecule has 2 aromatic heterocycles. The molecule has 8 nitrogen and oxygen atoms in total. The van der Waals surface area contributed by atoms with Gasteiger partial charge in [-0.2, -0.15) is 0 Å². The quantitative estimate of drug-likeness (QED) is 0.820. The van der Waals surface area contributed by atoms with E-state index in [1.807, 2.05) is 13.8 Å². The number of amides is 1. The molecule has 0 aromatic carbocycles. The van der Waals surface area contributed by atoms with E-state index < -0.39 is 6.10 Å². The van der Waals surface area contributed by atoms with Crippen LogP contribution in [0.2, 0.25) is 0 Å². The molecular weight excluding hydrogens is 324 g/mol. The van der Waals surface area contributed by atoms with Gasteiger partial charge in [-0.15, -0.1) is 10.2 Å². The van der Waals surface area contributed by atoms with E-state index in [4.69, 9.17) is 13.7 Å². The molecule has 0 aliphatic carbocycles. The smallest absolute Gasteiger partial charge is 0.292 e. The highest BCUT2D eigenvalue weighted by Gasteiger charge is 2.31. The highest BCUT2D eigenvalue weighted by molar-refractivity contribution is 5.91. The zero-order valence-corrected chi connectivity index (χ0v) is 15.1. The van der Waals surface area contributed by atoms with Crippen LogP contribution in [0.4, 0.5) is 0 Å². The van der Waals surface area contributed by atoms with Crippen molar-refractivity contribution in [3.63, 3.8) is 0 Å². The fraction of sp³-hybridized carbons (Fsp3) is 0.647. The number of hydrogen-bond donors (Lipinski definition) is 0. The highest BCUT2D eigenvalue weighted by atomic mass is 16.5. The summed E-state index contributed by atoms with van der Waals surface area (Å²) in [6, 6.07) is 1.73. The summed E-state index contributed by atoms with van der Waals surface area (Å²) in [5.74, 6) is 1.43. The van der Waals surface area contributed by atoms with Crippen LogP contribution in [0.1, 0.15) is 80.1 Å². The second kappa shape index (κ2) is 7.35. The molecular formula is C17H24N4O4. The topological polar surface area (TPSA) is 94.5 Å². The van der Waals surface area contributed by atoms with Gasteiger partial charge in [-0.25, -0.2) is 0 Å². The summed E-state index contributed by atoms with van der Waals surface area (Å²) >= 11 is 0. The molecule has 0 N–H and O–H groups in total. The maximum Gasteiger partial charge on any atom is 0.292 e. The van der Waals surface area contributed by atoms with Crippen molar-refractivity contribution < 1.29 is 18.5 Å². The lowest BCUT2D eigenvalue weighted by Gasteiger charge is -2.30. The number of carbonyl (C=O) groups excluding carboxylic acids is 1. The molecule has 1 aliphatic rings. The van der Waals surface area contributed by atoms with E-state index in [0.29, 0.717) is 31.5 Å². The van der Waals surface area contributed by atoms with Gasteiger partial charge >= 0.3 is 0 Å². The number of nitrogens with zero attached hydrogens (tertiary/aromatic N) is 4. The van der Waals surface area contributed by atoms with E-state index in [0.717, 1.165) is 12.1 Å². The minimum absolute atomic E-state index is 0.149. The molecule has 0 radical (unpaired) electrons. The van der Waals surface area contributed by atoms with Gasteiger partial charge < -0.3 is 18.6 Å². The predicted octanol–water partition coefficient (Wildman–Crippen LogP) is 2.91. The van der Waals surface area contributed by atoms with Gasteiger partial charge in [0.05, 0.1) is 18.8 Å². The van der Waals surface area contributed by atoms with Gasteiger partial charge in [0.15, 0.2) is 6.10 Å². The third-order valence-corrected chi connectivity index (χ3v) is 4.44.